The van der Waals surface area contributed by atoms with E-state index in [1.165, 1.54) is 79.5 Å². The van der Waals surface area contributed by atoms with Crippen molar-refractivity contribution in [3.05, 3.63) is 40.2 Å². The van der Waals surface area contributed by atoms with Crippen LogP contribution < -0.4 is 0 Å². The first-order valence-electron chi connectivity index (χ1n) is 18.6. The summed E-state index contributed by atoms with van der Waals surface area (Å²) < 4.78 is 4.44. The highest BCUT2D eigenvalue weighted by Gasteiger charge is 2.29. The first-order valence-corrected chi connectivity index (χ1v) is 18.6. The van der Waals surface area contributed by atoms with E-state index in [-0.39, 0.29) is 0 Å². The fraction of sp³-hybridized carbons (Fsp3) is 0.730. The first kappa shape index (κ1) is 35.0. The minimum atomic E-state index is 0.407. The molecule has 2 N–H and O–H groups in total. The molecule has 0 aromatic carbocycles. The van der Waals surface area contributed by atoms with E-state index < -0.39 is 0 Å². The van der Waals surface area contributed by atoms with Crippen molar-refractivity contribution in [2.75, 3.05) is 0 Å². The molecule has 0 saturated carbocycles. The Kier molecular flexibility index (Phi) is 13.3. The summed E-state index contributed by atoms with van der Waals surface area (Å²) in [5.41, 5.74) is 8.45. The molecule has 8 nitrogen and oxygen atoms in total. The van der Waals surface area contributed by atoms with Crippen molar-refractivity contribution in [1.29, 1.82) is 0 Å². The maximum absolute atomic E-state index is 4.92. The summed E-state index contributed by atoms with van der Waals surface area (Å²) in [5, 5.41) is 27.2. The Balaban J connectivity index is 1.92. The standard InChI is InChI=1S/C37H62N8/c1-9-17-21-26(13-5)32-30(36-40-38-34(44(36)42-32)28(15-7)23-19-11-3)25-31-33(27(14-6)22-18-10-2)43-45-35(39-41-37(31)45)29(16-8)24-20-12-4/h23,26-27,29,42-43H,9-22,24-25H2,1-8H3/b28-23-. The maximum atomic E-state index is 4.92. The van der Waals surface area contributed by atoms with E-state index in [2.05, 4.69) is 80.7 Å². The second-order valence-electron chi connectivity index (χ2n) is 13.2. The van der Waals surface area contributed by atoms with Gasteiger partial charge in [-0.3, -0.25) is 10.2 Å². The lowest BCUT2D eigenvalue weighted by molar-refractivity contribution is 0.521. The summed E-state index contributed by atoms with van der Waals surface area (Å²) in [4.78, 5) is 0. The van der Waals surface area contributed by atoms with E-state index in [0.29, 0.717) is 17.8 Å². The van der Waals surface area contributed by atoms with Gasteiger partial charge in [-0.15, -0.1) is 20.4 Å². The van der Waals surface area contributed by atoms with Gasteiger partial charge in [0, 0.05) is 46.7 Å². The van der Waals surface area contributed by atoms with Crippen molar-refractivity contribution < 1.29 is 0 Å². The molecule has 4 heterocycles. The third-order valence-corrected chi connectivity index (χ3v) is 10.1. The van der Waals surface area contributed by atoms with Crippen LogP contribution in [0.25, 0.3) is 16.9 Å². The first-order chi connectivity index (χ1) is 22.0. The van der Waals surface area contributed by atoms with Gasteiger partial charge < -0.3 is 0 Å². The quantitative estimate of drug-likeness (QED) is 0.0971. The average Bonchev–Trinajstić information content (AvgIpc) is 3.82. The topological polar surface area (TPSA) is 92.0 Å². The van der Waals surface area contributed by atoms with E-state index in [9.17, 15) is 0 Å². The molecule has 0 saturated heterocycles. The Morgan fingerprint density at radius 3 is 1.64 bits per heavy atom. The second-order valence-corrected chi connectivity index (χ2v) is 13.2. The number of unbranched alkanes of at least 4 members (excludes halogenated alkanes) is 4. The molecular weight excluding hydrogens is 556 g/mol. The van der Waals surface area contributed by atoms with E-state index in [1.807, 2.05) is 0 Å². The molecule has 8 heteroatoms. The second kappa shape index (κ2) is 17.1. The average molecular weight is 619 g/mol. The summed E-state index contributed by atoms with van der Waals surface area (Å²) >= 11 is 0. The van der Waals surface area contributed by atoms with Gasteiger partial charge in [0.1, 0.15) is 0 Å². The summed E-state index contributed by atoms with van der Waals surface area (Å²) in [7, 11) is 0. The van der Waals surface area contributed by atoms with Crippen LogP contribution in [0.2, 0.25) is 0 Å². The minimum absolute atomic E-state index is 0.407. The number of H-pyrrole nitrogens is 2. The number of nitrogens with zero attached hydrogens (tertiary/aromatic N) is 6. The van der Waals surface area contributed by atoms with Crippen molar-refractivity contribution >= 4 is 16.9 Å². The zero-order valence-corrected chi connectivity index (χ0v) is 29.8. The number of fused-ring (bicyclic) bond motifs is 2. The number of aromatic nitrogens is 8. The highest BCUT2D eigenvalue weighted by atomic mass is 15.4. The van der Waals surface area contributed by atoms with Crippen molar-refractivity contribution in [2.45, 2.75) is 176 Å². The minimum Gasteiger partial charge on any atom is -0.295 e. The summed E-state index contributed by atoms with van der Waals surface area (Å²) in [5.74, 6) is 3.36. The SMILES string of the molecule is CCC/C=C(/CC)c1nnc2c(Cc3c(C(CC)CCCC)[nH]n4c(C(CC)CCCC)nnc34)c(C(CC)CCCC)[nH]n12. The van der Waals surface area contributed by atoms with Gasteiger partial charge in [-0.1, -0.05) is 106 Å². The monoisotopic (exact) mass is 619 g/mol. The normalized spacial score (nSPS) is 14.6. The Bertz CT molecular complexity index is 1480. The number of allylic oxidation sites excluding steroid dienone is 2. The smallest absolute Gasteiger partial charge is 0.181 e. The number of nitrogens with one attached hydrogen (secondary N) is 2. The lowest BCUT2D eigenvalue weighted by Gasteiger charge is -2.17. The summed E-state index contributed by atoms with van der Waals surface area (Å²) in [6, 6.07) is 0. The maximum Gasteiger partial charge on any atom is 0.181 e. The van der Waals surface area contributed by atoms with E-state index in [0.717, 1.165) is 74.3 Å². The largest absolute Gasteiger partial charge is 0.295 e. The molecule has 3 atom stereocenters. The summed E-state index contributed by atoms with van der Waals surface area (Å²) in [6.45, 7) is 18.3. The van der Waals surface area contributed by atoms with Gasteiger partial charge in [0.25, 0.3) is 0 Å². The zero-order chi connectivity index (χ0) is 32.3. The molecule has 0 amide bonds. The summed E-state index contributed by atoms with van der Waals surface area (Å²) in [6.07, 6.45) is 20.3. The molecule has 0 fully saturated rings. The predicted molar refractivity (Wildman–Crippen MR) is 188 cm³/mol. The van der Waals surface area contributed by atoms with Crippen LogP contribution in [-0.2, 0) is 6.42 Å². The Morgan fingerprint density at radius 1 is 0.622 bits per heavy atom. The van der Waals surface area contributed by atoms with Crippen LogP contribution in [0.15, 0.2) is 6.08 Å². The highest BCUT2D eigenvalue weighted by molar-refractivity contribution is 5.65. The van der Waals surface area contributed by atoms with E-state index >= 15 is 0 Å². The van der Waals surface area contributed by atoms with Gasteiger partial charge in [0.15, 0.2) is 22.9 Å². The van der Waals surface area contributed by atoms with Crippen LogP contribution in [0.1, 0.15) is 204 Å². The van der Waals surface area contributed by atoms with Crippen molar-refractivity contribution in [3.8, 4) is 0 Å². The Morgan fingerprint density at radius 2 is 1.13 bits per heavy atom. The van der Waals surface area contributed by atoms with Crippen LogP contribution >= 0.6 is 0 Å². The number of rotatable bonds is 21. The van der Waals surface area contributed by atoms with Gasteiger partial charge in [-0.2, -0.15) is 0 Å². The van der Waals surface area contributed by atoms with E-state index in [1.54, 1.807) is 0 Å². The fourth-order valence-corrected chi connectivity index (χ4v) is 7.16. The molecule has 3 unspecified atom stereocenters. The van der Waals surface area contributed by atoms with Crippen LogP contribution in [0.3, 0.4) is 0 Å². The Labute approximate surface area is 272 Å². The molecule has 0 aliphatic heterocycles. The van der Waals surface area contributed by atoms with Crippen molar-refractivity contribution in [3.63, 3.8) is 0 Å². The van der Waals surface area contributed by atoms with Crippen LogP contribution in [0.5, 0.6) is 0 Å². The Hall–Kier alpha value is -2.90. The lowest BCUT2D eigenvalue weighted by Crippen LogP contribution is -2.07. The molecule has 45 heavy (non-hydrogen) atoms. The molecule has 0 aliphatic carbocycles. The van der Waals surface area contributed by atoms with Gasteiger partial charge in [-0.05, 0) is 56.9 Å². The van der Waals surface area contributed by atoms with Crippen molar-refractivity contribution in [2.24, 2.45) is 0 Å². The zero-order valence-electron chi connectivity index (χ0n) is 29.8. The molecule has 0 radical (unpaired) electrons. The third kappa shape index (κ3) is 7.57. The molecular formula is C37H62N8. The number of hydrogen-bond donors (Lipinski definition) is 2. The van der Waals surface area contributed by atoms with Crippen molar-refractivity contribution in [1.82, 2.24) is 39.6 Å². The highest BCUT2D eigenvalue weighted by Crippen LogP contribution is 2.37. The fourth-order valence-electron chi connectivity index (χ4n) is 7.16. The van der Waals surface area contributed by atoms with Gasteiger partial charge >= 0.3 is 0 Å². The molecule has 4 aromatic rings. The third-order valence-electron chi connectivity index (χ3n) is 10.1. The molecule has 0 aliphatic rings. The van der Waals surface area contributed by atoms with Gasteiger partial charge in [-0.25, -0.2) is 9.03 Å². The number of aromatic amines is 2. The molecule has 4 aromatic heterocycles. The lowest BCUT2D eigenvalue weighted by atomic mass is 9.88. The molecule has 0 spiro atoms. The van der Waals surface area contributed by atoms with Crippen LogP contribution in [0.4, 0.5) is 0 Å². The molecule has 4 rings (SSSR count). The van der Waals surface area contributed by atoms with Gasteiger partial charge in [0.2, 0.25) is 0 Å². The number of hydrogen-bond acceptors (Lipinski definition) is 4. The van der Waals surface area contributed by atoms with Crippen LogP contribution in [0, 0.1) is 0 Å². The van der Waals surface area contributed by atoms with Crippen LogP contribution in [-0.4, -0.2) is 39.6 Å². The molecule has 250 valence electrons. The van der Waals surface area contributed by atoms with Gasteiger partial charge in [0.05, 0.1) is 0 Å². The van der Waals surface area contributed by atoms with E-state index in [4.69, 9.17) is 20.4 Å². The predicted octanol–water partition coefficient (Wildman–Crippen LogP) is 10.7. The molecule has 0 bridgehead atoms.